The predicted octanol–water partition coefficient (Wildman–Crippen LogP) is 3.22. The Morgan fingerprint density at radius 1 is 1.36 bits per heavy atom. The van der Waals surface area contributed by atoms with Crippen LogP contribution in [0.4, 0.5) is 0 Å². The lowest BCUT2D eigenvalue weighted by molar-refractivity contribution is 0.477. The van der Waals surface area contributed by atoms with Gasteiger partial charge in [0.1, 0.15) is 0 Å². The van der Waals surface area contributed by atoms with Gasteiger partial charge in [0.25, 0.3) is 0 Å². The molecule has 2 rings (SSSR count). The van der Waals surface area contributed by atoms with Gasteiger partial charge in [-0.25, -0.2) is 0 Å². The lowest BCUT2D eigenvalue weighted by Gasteiger charge is -2.25. The lowest BCUT2D eigenvalue weighted by Crippen LogP contribution is -2.20. The largest absolute Gasteiger partial charge is 0.313 e. The highest BCUT2D eigenvalue weighted by Gasteiger charge is 2.25. The van der Waals surface area contributed by atoms with Crippen molar-refractivity contribution in [3.05, 3.63) is 33.8 Å². The van der Waals surface area contributed by atoms with E-state index in [0.29, 0.717) is 5.41 Å². The summed E-state index contributed by atoms with van der Waals surface area (Å²) in [5, 5.41) is 3.46. The average molecular weight is 254 g/mol. The van der Waals surface area contributed by atoms with Crippen LogP contribution in [-0.2, 0) is 12.0 Å². The number of rotatable bonds is 0. The van der Waals surface area contributed by atoms with E-state index in [9.17, 15) is 0 Å². The molecular formula is C12H16BrN. The van der Waals surface area contributed by atoms with Gasteiger partial charge in [-0.2, -0.15) is 0 Å². The summed E-state index contributed by atoms with van der Waals surface area (Å²) in [6, 6.07) is 6.61. The van der Waals surface area contributed by atoms with Crippen LogP contribution in [-0.4, -0.2) is 6.54 Å². The van der Waals surface area contributed by atoms with E-state index in [-0.39, 0.29) is 0 Å². The summed E-state index contributed by atoms with van der Waals surface area (Å²) >= 11 is 3.55. The van der Waals surface area contributed by atoms with Crippen LogP contribution >= 0.6 is 15.9 Å². The van der Waals surface area contributed by atoms with Crippen LogP contribution in [0.2, 0.25) is 0 Å². The van der Waals surface area contributed by atoms with E-state index < -0.39 is 0 Å². The van der Waals surface area contributed by atoms with Gasteiger partial charge in [-0.15, -0.1) is 0 Å². The SMILES string of the molecule is CC1(C)CCNCc2ccc(Br)cc21. The summed E-state index contributed by atoms with van der Waals surface area (Å²) in [7, 11) is 0. The number of hydrogen-bond acceptors (Lipinski definition) is 1. The van der Waals surface area contributed by atoms with Crippen LogP contribution in [0.3, 0.4) is 0 Å². The predicted molar refractivity (Wildman–Crippen MR) is 63.5 cm³/mol. The van der Waals surface area contributed by atoms with E-state index >= 15 is 0 Å². The van der Waals surface area contributed by atoms with Gasteiger partial charge in [-0.3, -0.25) is 0 Å². The van der Waals surface area contributed by atoms with Crippen molar-refractivity contribution >= 4 is 15.9 Å². The Balaban J connectivity index is 2.52. The first-order valence-electron chi connectivity index (χ1n) is 5.09. The highest BCUT2D eigenvalue weighted by molar-refractivity contribution is 9.10. The second-order valence-corrected chi connectivity index (χ2v) is 5.53. The van der Waals surface area contributed by atoms with Crippen molar-refractivity contribution in [2.75, 3.05) is 6.54 Å². The first kappa shape index (κ1) is 10.2. The van der Waals surface area contributed by atoms with Crippen LogP contribution in [0.1, 0.15) is 31.4 Å². The van der Waals surface area contributed by atoms with Crippen molar-refractivity contribution in [3.63, 3.8) is 0 Å². The highest BCUT2D eigenvalue weighted by Crippen LogP contribution is 2.33. The Labute approximate surface area is 94.0 Å². The smallest absolute Gasteiger partial charge is 0.0208 e. The standard InChI is InChI=1S/C12H16BrN/c1-12(2)5-6-14-8-9-3-4-10(13)7-11(9)12/h3-4,7,14H,5-6,8H2,1-2H3. The van der Waals surface area contributed by atoms with Crippen LogP contribution in [0.5, 0.6) is 0 Å². The second-order valence-electron chi connectivity index (χ2n) is 4.61. The first-order valence-corrected chi connectivity index (χ1v) is 5.88. The summed E-state index contributed by atoms with van der Waals surface area (Å²) in [6.07, 6.45) is 1.20. The molecule has 14 heavy (non-hydrogen) atoms. The Morgan fingerprint density at radius 2 is 2.14 bits per heavy atom. The van der Waals surface area contributed by atoms with Crippen LogP contribution in [0.15, 0.2) is 22.7 Å². The molecule has 0 amide bonds. The number of nitrogens with one attached hydrogen (secondary N) is 1. The molecule has 0 unspecified atom stereocenters. The molecule has 0 radical (unpaired) electrons. The first-order chi connectivity index (χ1) is 6.59. The van der Waals surface area contributed by atoms with Gasteiger partial charge in [0, 0.05) is 11.0 Å². The van der Waals surface area contributed by atoms with Crippen molar-refractivity contribution in [2.24, 2.45) is 0 Å². The van der Waals surface area contributed by atoms with Gasteiger partial charge in [-0.05, 0) is 41.6 Å². The molecule has 0 saturated carbocycles. The van der Waals surface area contributed by atoms with Gasteiger partial charge in [0.05, 0.1) is 0 Å². The second kappa shape index (κ2) is 3.67. The molecule has 1 nitrogen and oxygen atoms in total. The Morgan fingerprint density at radius 3 is 2.93 bits per heavy atom. The number of hydrogen-bond donors (Lipinski definition) is 1. The zero-order chi connectivity index (χ0) is 10.2. The molecule has 1 heterocycles. The van der Waals surface area contributed by atoms with Crippen LogP contribution in [0, 0.1) is 0 Å². The third kappa shape index (κ3) is 1.86. The summed E-state index contributed by atoms with van der Waals surface area (Å²) in [4.78, 5) is 0. The Hall–Kier alpha value is -0.340. The number of benzene rings is 1. The zero-order valence-corrected chi connectivity index (χ0v) is 10.3. The molecule has 76 valence electrons. The average Bonchev–Trinajstić information content (AvgIpc) is 2.26. The topological polar surface area (TPSA) is 12.0 Å². The fourth-order valence-electron chi connectivity index (χ4n) is 2.09. The van der Waals surface area contributed by atoms with E-state index in [0.717, 1.165) is 13.1 Å². The molecule has 1 N–H and O–H groups in total. The van der Waals surface area contributed by atoms with Gasteiger partial charge < -0.3 is 5.32 Å². The summed E-state index contributed by atoms with van der Waals surface area (Å²) in [6.45, 7) is 6.77. The van der Waals surface area contributed by atoms with Crippen molar-refractivity contribution in [1.82, 2.24) is 5.32 Å². The fraction of sp³-hybridized carbons (Fsp3) is 0.500. The molecule has 0 spiro atoms. The molecule has 1 aliphatic rings. The quantitative estimate of drug-likeness (QED) is 0.749. The van der Waals surface area contributed by atoms with Crippen molar-refractivity contribution < 1.29 is 0 Å². The molecule has 0 saturated heterocycles. The van der Waals surface area contributed by atoms with Crippen molar-refractivity contribution in [2.45, 2.75) is 32.2 Å². The fourth-order valence-corrected chi connectivity index (χ4v) is 2.45. The molecule has 0 aromatic heterocycles. The molecule has 0 atom stereocenters. The van der Waals surface area contributed by atoms with Crippen LogP contribution in [0.25, 0.3) is 0 Å². The van der Waals surface area contributed by atoms with Crippen molar-refractivity contribution in [1.29, 1.82) is 0 Å². The normalized spacial score (nSPS) is 19.9. The summed E-state index contributed by atoms with van der Waals surface area (Å²) in [5.41, 5.74) is 3.22. The van der Waals surface area contributed by atoms with E-state index in [1.165, 1.54) is 22.0 Å². The number of fused-ring (bicyclic) bond motifs is 1. The molecule has 1 aliphatic heterocycles. The Kier molecular flexibility index (Phi) is 2.67. The maximum atomic E-state index is 3.55. The van der Waals surface area contributed by atoms with Gasteiger partial charge in [0.2, 0.25) is 0 Å². The molecule has 2 heteroatoms. The van der Waals surface area contributed by atoms with E-state index in [1.54, 1.807) is 0 Å². The highest BCUT2D eigenvalue weighted by atomic mass is 79.9. The molecule has 1 aromatic rings. The molecule has 0 aliphatic carbocycles. The minimum Gasteiger partial charge on any atom is -0.313 e. The maximum absolute atomic E-state index is 3.55. The molecule has 1 aromatic carbocycles. The van der Waals surface area contributed by atoms with E-state index in [2.05, 4.69) is 53.3 Å². The minimum absolute atomic E-state index is 0.294. The third-order valence-electron chi connectivity index (χ3n) is 3.04. The van der Waals surface area contributed by atoms with Crippen LogP contribution < -0.4 is 5.32 Å². The van der Waals surface area contributed by atoms with E-state index in [1.807, 2.05) is 0 Å². The molecule has 0 bridgehead atoms. The summed E-state index contributed by atoms with van der Waals surface area (Å²) < 4.78 is 1.19. The zero-order valence-electron chi connectivity index (χ0n) is 8.73. The number of halogens is 1. The minimum atomic E-state index is 0.294. The summed E-state index contributed by atoms with van der Waals surface area (Å²) in [5.74, 6) is 0. The van der Waals surface area contributed by atoms with Gasteiger partial charge >= 0.3 is 0 Å². The monoisotopic (exact) mass is 253 g/mol. The van der Waals surface area contributed by atoms with Gasteiger partial charge in [-0.1, -0.05) is 35.8 Å². The molecular weight excluding hydrogens is 238 g/mol. The lowest BCUT2D eigenvalue weighted by atomic mass is 9.80. The Bertz CT molecular complexity index is 344. The van der Waals surface area contributed by atoms with E-state index in [4.69, 9.17) is 0 Å². The van der Waals surface area contributed by atoms with Gasteiger partial charge in [0.15, 0.2) is 0 Å². The molecule has 0 fully saturated rings. The third-order valence-corrected chi connectivity index (χ3v) is 3.54. The van der Waals surface area contributed by atoms with Crippen molar-refractivity contribution in [3.8, 4) is 0 Å². The maximum Gasteiger partial charge on any atom is 0.0208 e.